The summed E-state index contributed by atoms with van der Waals surface area (Å²) < 4.78 is 0. The highest BCUT2D eigenvalue weighted by Gasteiger charge is 2.33. The maximum Gasteiger partial charge on any atom is 0.231 e. The highest BCUT2D eigenvalue weighted by Crippen LogP contribution is 2.28. The first kappa shape index (κ1) is 13.6. The van der Waals surface area contributed by atoms with Crippen LogP contribution < -0.4 is 10.6 Å². The maximum absolute atomic E-state index is 12.5. The van der Waals surface area contributed by atoms with Crippen molar-refractivity contribution in [1.29, 1.82) is 0 Å². The Hall–Kier alpha value is -0.870. The molecule has 100 valence electrons. The van der Waals surface area contributed by atoms with Crippen LogP contribution >= 0.6 is 11.3 Å². The van der Waals surface area contributed by atoms with E-state index in [1.165, 1.54) is 0 Å². The number of hydrogen-bond donors (Lipinski definition) is 2. The summed E-state index contributed by atoms with van der Waals surface area (Å²) in [5.41, 5.74) is -0.432. The van der Waals surface area contributed by atoms with Gasteiger partial charge in [0.25, 0.3) is 0 Å². The van der Waals surface area contributed by atoms with E-state index in [0.29, 0.717) is 12.0 Å². The van der Waals surface area contributed by atoms with E-state index < -0.39 is 5.41 Å². The summed E-state index contributed by atoms with van der Waals surface area (Å²) in [4.78, 5) is 13.6. The van der Waals surface area contributed by atoms with Crippen molar-refractivity contribution in [1.82, 2.24) is 10.6 Å². The van der Waals surface area contributed by atoms with E-state index in [1.54, 1.807) is 11.3 Å². The molecular weight excluding hydrogens is 244 g/mol. The van der Waals surface area contributed by atoms with E-state index in [-0.39, 0.29) is 5.91 Å². The van der Waals surface area contributed by atoms with E-state index in [9.17, 15) is 4.79 Å². The summed E-state index contributed by atoms with van der Waals surface area (Å²) in [6.45, 7) is 8.17. The molecule has 1 aromatic rings. The fourth-order valence-corrected chi connectivity index (χ4v) is 3.17. The van der Waals surface area contributed by atoms with Crippen molar-refractivity contribution in [2.24, 2.45) is 5.92 Å². The molecule has 2 rings (SSSR count). The minimum Gasteiger partial charge on any atom is -0.352 e. The number of carbonyl (C=O) groups excluding carboxylic acids is 1. The third-order valence-corrected chi connectivity index (χ3v) is 5.00. The van der Waals surface area contributed by atoms with Gasteiger partial charge in [0.15, 0.2) is 0 Å². The smallest absolute Gasteiger partial charge is 0.231 e. The van der Waals surface area contributed by atoms with Crippen molar-refractivity contribution in [3.63, 3.8) is 0 Å². The summed E-state index contributed by atoms with van der Waals surface area (Å²) in [6.07, 6.45) is 1.02. The van der Waals surface area contributed by atoms with Gasteiger partial charge in [-0.2, -0.15) is 0 Å². The van der Waals surface area contributed by atoms with Crippen LogP contribution in [0.15, 0.2) is 17.5 Å². The van der Waals surface area contributed by atoms with Crippen molar-refractivity contribution >= 4 is 17.2 Å². The lowest BCUT2D eigenvalue weighted by Crippen LogP contribution is -2.52. The van der Waals surface area contributed by atoms with Crippen LogP contribution in [0, 0.1) is 5.92 Å². The lowest BCUT2D eigenvalue weighted by Gasteiger charge is -2.33. The number of hydrogen-bond acceptors (Lipinski definition) is 3. The molecule has 1 aliphatic heterocycles. The van der Waals surface area contributed by atoms with Gasteiger partial charge in [-0.05, 0) is 50.7 Å². The topological polar surface area (TPSA) is 41.1 Å². The number of carbonyl (C=O) groups is 1. The molecule has 1 aromatic heterocycles. The third-order valence-electron chi connectivity index (χ3n) is 3.81. The first-order chi connectivity index (χ1) is 8.51. The molecule has 0 radical (unpaired) electrons. The van der Waals surface area contributed by atoms with Crippen LogP contribution in [0.5, 0.6) is 0 Å². The largest absolute Gasteiger partial charge is 0.352 e. The molecular formula is C14H22N2OS. The molecule has 1 fully saturated rings. The van der Waals surface area contributed by atoms with Crippen LogP contribution in [0.1, 0.15) is 32.1 Å². The zero-order chi connectivity index (χ0) is 13.2. The lowest BCUT2D eigenvalue weighted by molar-refractivity contribution is -0.126. The molecule has 2 unspecified atom stereocenters. The van der Waals surface area contributed by atoms with Gasteiger partial charge in [-0.3, -0.25) is 4.79 Å². The van der Waals surface area contributed by atoms with Crippen LogP contribution in [0.25, 0.3) is 0 Å². The summed E-state index contributed by atoms with van der Waals surface area (Å²) >= 11 is 1.65. The molecule has 2 atom stereocenters. The van der Waals surface area contributed by atoms with Crippen LogP contribution in [-0.2, 0) is 10.2 Å². The molecule has 1 aliphatic rings. The summed E-state index contributed by atoms with van der Waals surface area (Å²) in [5, 5.41) is 8.61. The second-order valence-electron chi connectivity index (χ2n) is 5.65. The summed E-state index contributed by atoms with van der Waals surface area (Å²) in [7, 11) is 0. The molecule has 3 nitrogen and oxygen atoms in total. The fourth-order valence-electron chi connectivity index (χ4n) is 2.32. The van der Waals surface area contributed by atoms with Crippen LogP contribution in [-0.4, -0.2) is 25.0 Å². The van der Waals surface area contributed by atoms with Crippen LogP contribution in [0.4, 0.5) is 0 Å². The van der Waals surface area contributed by atoms with Crippen LogP contribution in [0.2, 0.25) is 0 Å². The normalized spacial score (nSPS) is 24.8. The van der Waals surface area contributed by atoms with Gasteiger partial charge >= 0.3 is 0 Å². The van der Waals surface area contributed by atoms with Gasteiger partial charge in [0, 0.05) is 10.9 Å². The molecule has 0 aliphatic carbocycles. The maximum atomic E-state index is 12.5. The van der Waals surface area contributed by atoms with Crippen molar-refractivity contribution in [3.8, 4) is 0 Å². The van der Waals surface area contributed by atoms with Crippen molar-refractivity contribution in [2.75, 3.05) is 13.1 Å². The second kappa shape index (κ2) is 5.41. The molecule has 0 spiro atoms. The molecule has 2 heterocycles. The van der Waals surface area contributed by atoms with E-state index in [1.807, 2.05) is 31.4 Å². The zero-order valence-electron chi connectivity index (χ0n) is 11.3. The highest BCUT2D eigenvalue weighted by atomic mass is 32.1. The average Bonchev–Trinajstić information content (AvgIpc) is 2.86. The van der Waals surface area contributed by atoms with E-state index in [0.717, 1.165) is 24.4 Å². The standard InChI is InChI=1S/C14H22N2OS/c1-10-9-15-7-6-11(10)16-13(17)14(2,3)12-5-4-8-18-12/h4-5,8,10-11,15H,6-7,9H2,1-3H3,(H,16,17). The monoisotopic (exact) mass is 266 g/mol. The lowest BCUT2D eigenvalue weighted by atomic mass is 9.88. The predicted molar refractivity (Wildman–Crippen MR) is 75.9 cm³/mol. The molecule has 18 heavy (non-hydrogen) atoms. The Morgan fingerprint density at radius 2 is 2.33 bits per heavy atom. The van der Waals surface area contributed by atoms with E-state index in [4.69, 9.17) is 0 Å². The zero-order valence-corrected chi connectivity index (χ0v) is 12.1. The molecule has 1 saturated heterocycles. The van der Waals surface area contributed by atoms with Gasteiger partial charge < -0.3 is 10.6 Å². The third kappa shape index (κ3) is 2.75. The van der Waals surface area contributed by atoms with Gasteiger partial charge in [0.1, 0.15) is 0 Å². The fraction of sp³-hybridized carbons (Fsp3) is 0.643. The Morgan fingerprint density at radius 3 is 2.94 bits per heavy atom. The van der Waals surface area contributed by atoms with Crippen molar-refractivity contribution in [2.45, 2.75) is 38.6 Å². The van der Waals surface area contributed by atoms with Gasteiger partial charge in [-0.25, -0.2) is 0 Å². The Labute approximate surface area is 113 Å². The molecule has 0 saturated carbocycles. The van der Waals surface area contributed by atoms with Gasteiger partial charge in [0.2, 0.25) is 5.91 Å². The number of thiophene rings is 1. The molecule has 4 heteroatoms. The highest BCUT2D eigenvalue weighted by molar-refractivity contribution is 7.10. The van der Waals surface area contributed by atoms with Gasteiger partial charge in [-0.15, -0.1) is 11.3 Å². The molecule has 0 bridgehead atoms. The molecule has 2 N–H and O–H groups in total. The number of amides is 1. The summed E-state index contributed by atoms with van der Waals surface area (Å²) in [6, 6.07) is 4.34. The Bertz CT molecular complexity index is 400. The van der Waals surface area contributed by atoms with Crippen molar-refractivity contribution < 1.29 is 4.79 Å². The van der Waals surface area contributed by atoms with E-state index in [2.05, 4.69) is 17.6 Å². The van der Waals surface area contributed by atoms with Gasteiger partial charge in [0.05, 0.1) is 5.41 Å². The first-order valence-corrected chi connectivity index (χ1v) is 7.45. The molecule has 1 amide bonds. The summed E-state index contributed by atoms with van der Waals surface area (Å²) in [5.74, 6) is 0.644. The average molecular weight is 266 g/mol. The minimum absolute atomic E-state index is 0.142. The number of nitrogens with one attached hydrogen (secondary N) is 2. The Balaban J connectivity index is 2.03. The number of piperidine rings is 1. The Morgan fingerprint density at radius 1 is 1.56 bits per heavy atom. The number of rotatable bonds is 3. The first-order valence-electron chi connectivity index (χ1n) is 6.57. The minimum atomic E-state index is -0.432. The quantitative estimate of drug-likeness (QED) is 0.880. The predicted octanol–water partition coefficient (Wildman–Crippen LogP) is 2.14. The van der Waals surface area contributed by atoms with Gasteiger partial charge in [-0.1, -0.05) is 13.0 Å². The Kier molecular flexibility index (Phi) is 4.07. The second-order valence-corrected chi connectivity index (χ2v) is 6.60. The van der Waals surface area contributed by atoms with Crippen molar-refractivity contribution in [3.05, 3.63) is 22.4 Å². The van der Waals surface area contributed by atoms with E-state index >= 15 is 0 Å². The molecule has 0 aromatic carbocycles. The van der Waals surface area contributed by atoms with Crippen LogP contribution in [0.3, 0.4) is 0 Å². The SMILES string of the molecule is CC1CNCCC1NC(=O)C(C)(C)c1cccs1.